The molecule has 0 aliphatic carbocycles. The monoisotopic (exact) mass is 406 g/mol. The summed E-state index contributed by atoms with van der Waals surface area (Å²) in [7, 11) is 0. The molecule has 0 radical (unpaired) electrons. The smallest absolute Gasteiger partial charge is 0.371 e. The Bertz CT molecular complexity index is 1070. The molecule has 1 fully saturated rings. The molecular formula is C23H22N2O5. The number of carbonyl (C=O) groups is 2. The van der Waals surface area contributed by atoms with E-state index in [-0.39, 0.29) is 11.7 Å². The zero-order valence-electron chi connectivity index (χ0n) is 16.6. The van der Waals surface area contributed by atoms with Crippen LogP contribution in [0.5, 0.6) is 0 Å². The first kappa shape index (κ1) is 19.7. The molecule has 0 atom stereocenters. The van der Waals surface area contributed by atoms with Gasteiger partial charge in [-0.05, 0) is 55.0 Å². The van der Waals surface area contributed by atoms with Gasteiger partial charge in [-0.2, -0.15) is 0 Å². The molecule has 2 aromatic carbocycles. The van der Waals surface area contributed by atoms with Crippen LogP contribution in [0.15, 0.2) is 59.0 Å². The Kier molecular flexibility index (Phi) is 5.54. The molecule has 1 aromatic heterocycles. The summed E-state index contributed by atoms with van der Waals surface area (Å²) >= 11 is 0. The number of carboxylic acid groups (broad SMARTS) is 1. The largest absolute Gasteiger partial charge is 0.475 e. The normalized spacial score (nSPS) is 13.8. The third-order valence-corrected chi connectivity index (χ3v) is 5.08. The molecule has 1 aliphatic heterocycles. The number of hydrogen-bond donors (Lipinski definition) is 2. The third-order valence-electron chi connectivity index (χ3n) is 5.08. The number of nitrogens with zero attached hydrogens (tertiary/aromatic N) is 1. The van der Waals surface area contributed by atoms with E-state index in [9.17, 15) is 9.59 Å². The van der Waals surface area contributed by atoms with Gasteiger partial charge in [0.05, 0.1) is 13.2 Å². The molecule has 2 heterocycles. The van der Waals surface area contributed by atoms with Crippen molar-refractivity contribution in [2.45, 2.75) is 6.92 Å². The van der Waals surface area contributed by atoms with Crippen LogP contribution in [0.2, 0.25) is 0 Å². The Hall–Kier alpha value is -3.58. The van der Waals surface area contributed by atoms with Crippen molar-refractivity contribution in [3.05, 3.63) is 71.5 Å². The second-order valence-electron chi connectivity index (χ2n) is 7.10. The maximum absolute atomic E-state index is 12.9. The van der Waals surface area contributed by atoms with Crippen molar-refractivity contribution >= 4 is 23.3 Å². The van der Waals surface area contributed by atoms with Gasteiger partial charge in [-0.15, -0.1) is 0 Å². The Labute approximate surface area is 173 Å². The fourth-order valence-electron chi connectivity index (χ4n) is 3.40. The van der Waals surface area contributed by atoms with E-state index >= 15 is 0 Å². The van der Waals surface area contributed by atoms with Crippen LogP contribution >= 0.6 is 0 Å². The Morgan fingerprint density at radius 1 is 1.00 bits per heavy atom. The molecule has 4 rings (SSSR count). The maximum atomic E-state index is 12.9. The fraction of sp³-hybridized carbons (Fsp3) is 0.217. The predicted octanol–water partition coefficient (Wildman–Crippen LogP) is 4.04. The van der Waals surface area contributed by atoms with Gasteiger partial charge < -0.3 is 24.5 Å². The number of carbonyl (C=O) groups excluding carboxylic acids is 1. The standard InChI is InChI=1S/C23H22N2O5/c1-15-2-3-16(20-8-9-21(30-20)23(27)28)14-19(15)22(26)24-17-4-6-18(7-5-17)25-10-12-29-13-11-25/h2-9,14H,10-13H2,1H3,(H,24,26)(H,27,28). The van der Waals surface area contributed by atoms with Crippen molar-refractivity contribution in [3.8, 4) is 11.3 Å². The molecule has 7 nitrogen and oxygen atoms in total. The van der Waals surface area contributed by atoms with E-state index in [1.807, 2.05) is 37.3 Å². The summed E-state index contributed by atoms with van der Waals surface area (Å²) in [5, 5.41) is 12.0. The quantitative estimate of drug-likeness (QED) is 0.664. The second kappa shape index (κ2) is 8.42. The highest BCUT2D eigenvalue weighted by molar-refractivity contribution is 6.06. The highest BCUT2D eigenvalue weighted by Crippen LogP contribution is 2.26. The van der Waals surface area contributed by atoms with Crippen LogP contribution in [0, 0.1) is 6.92 Å². The SMILES string of the molecule is Cc1ccc(-c2ccc(C(=O)O)o2)cc1C(=O)Nc1ccc(N2CCOCC2)cc1. The van der Waals surface area contributed by atoms with Crippen molar-refractivity contribution in [2.75, 3.05) is 36.5 Å². The highest BCUT2D eigenvalue weighted by Gasteiger charge is 2.15. The van der Waals surface area contributed by atoms with Gasteiger partial charge in [0.2, 0.25) is 5.76 Å². The summed E-state index contributed by atoms with van der Waals surface area (Å²) < 4.78 is 10.7. The molecule has 0 spiro atoms. The van der Waals surface area contributed by atoms with Gasteiger partial charge in [0.1, 0.15) is 5.76 Å². The molecule has 30 heavy (non-hydrogen) atoms. The van der Waals surface area contributed by atoms with E-state index in [1.165, 1.54) is 6.07 Å². The first-order valence-electron chi connectivity index (χ1n) is 9.69. The minimum Gasteiger partial charge on any atom is -0.475 e. The van der Waals surface area contributed by atoms with Crippen LogP contribution in [0.4, 0.5) is 11.4 Å². The van der Waals surface area contributed by atoms with Crippen molar-refractivity contribution in [1.29, 1.82) is 0 Å². The lowest BCUT2D eigenvalue weighted by atomic mass is 10.0. The molecule has 1 saturated heterocycles. The molecule has 2 N–H and O–H groups in total. The van der Waals surface area contributed by atoms with E-state index < -0.39 is 5.97 Å². The van der Waals surface area contributed by atoms with Gasteiger partial charge in [0.25, 0.3) is 5.91 Å². The number of aromatic carboxylic acids is 1. The maximum Gasteiger partial charge on any atom is 0.371 e. The number of furan rings is 1. The van der Waals surface area contributed by atoms with Gasteiger partial charge in [-0.1, -0.05) is 12.1 Å². The molecule has 154 valence electrons. The molecule has 1 aliphatic rings. The molecule has 7 heteroatoms. The second-order valence-corrected chi connectivity index (χ2v) is 7.10. The average Bonchev–Trinajstić information content (AvgIpc) is 3.26. The number of carboxylic acids is 1. The Morgan fingerprint density at radius 2 is 1.73 bits per heavy atom. The number of ether oxygens (including phenoxy) is 1. The van der Waals surface area contributed by atoms with Crippen molar-refractivity contribution in [1.82, 2.24) is 0 Å². The van der Waals surface area contributed by atoms with Crippen LogP contribution in [0.3, 0.4) is 0 Å². The summed E-state index contributed by atoms with van der Waals surface area (Å²) in [4.78, 5) is 26.1. The molecule has 3 aromatic rings. The van der Waals surface area contributed by atoms with Gasteiger partial charge in [-0.3, -0.25) is 4.79 Å². The Morgan fingerprint density at radius 3 is 2.40 bits per heavy atom. The molecule has 0 bridgehead atoms. The first-order chi connectivity index (χ1) is 14.5. The van der Waals surface area contributed by atoms with Gasteiger partial charge in [-0.25, -0.2) is 4.79 Å². The van der Waals surface area contributed by atoms with Crippen LogP contribution in [-0.4, -0.2) is 43.3 Å². The van der Waals surface area contributed by atoms with E-state index in [2.05, 4.69) is 10.2 Å². The van der Waals surface area contributed by atoms with E-state index in [0.29, 0.717) is 22.6 Å². The molecule has 0 saturated carbocycles. The topological polar surface area (TPSA) is 92.0 Å². The van der Waals surface area contributed by atoms with Crippen LogP contribution < -0.4 is 10.2 Å². The molecular weight excluding hydrogens is 384 g/mol. The van der Waals surface area contributed by atoms with Gasteiger partial charge in [0.15, 0.2) is 0 Å². The van der Waals surface area contributed by atoms with Gasteiger partial charge >= 0.3 is 5.97 Å². The van der Waals surface area contributed by atoms with Crippen LogP contribution in [0.25, 0.3) is 11.3 Å². The van der Waals surface area contributed by atoms with Crippen LogP contribution in [0.1, 0.15) is 26.5 Å². The van der Waals surface area contributed by atoms with E-state index in [0.717, 1.165) is 37.6 Å². The number of hydrogen-bond acceptors (Lipinski definition) is 5. The average molecular weight is 406 g/mol. The third kappa shape index (κ3) is 4.21. The summed E-state index contributed by atoms with van der Waals surface area (Å²) in [5.74, 6) is -1.11. The lowest BCUT2D eigenvalue weighted by molar-refractivity contribution is 0.0663. The molecule has 0 unspecified atom stereocenters. The zero-order valence-corrected chi connectivity index (χ0v) is 16.6. The Balaban J connectivity index is 1.50. The number of amides is 1. The number of nitrogens with one attached hydrogen (secondary N) is 1. The summed E-state index contributed by atoms with van der Waals surface area (Å²) in [6, 6.07) is 16.0. The first-order valence-corrected chi connectivity index (χ1v) is 9.69. The van der Waals surface area contributed by atoms with E-state index in [1.54, 1.807) is 18.2 Å². The number of benzene rings is 2. The minimum absolute atomic E-state index is 0.142. The van der Waals surface area contributed by atoms with Crippen molar-refractivity contribution in [3.63, 3.8) is 0 Å². The van der Waals surface area contributed by atoms with Crippen molar-refractivity contribution < 1.29 is 23.8 Å². The summed E-state index contributed by atoms with van der Waals surface area (Å²) in [5.41, 5.74) is 3.75. The van der Waals surface area contributed by atoms with Crippen molar-refractivity contribution in [2.24, 2.45) is 0 Å². The fourth-order valence-corrected chi connectivity index (χ4v) is 3.40. The highest BCUT2D eigenvalue weighted by atomic mass is 16.5. The number of anilines is 2. The predicted molar refractivity (Wildman–Crippen MR) is 113 cm³/mol. The zero-order chi connectivity index (χ0) is 21.1. The summed E-state index contributed by atoms with van der Waals surface area (Å²) in [6.07, 6.45) is 0. The van der Waals surface area contributed by atoms with E-state index in [4.69, 9.17) is 14.3 Å². The van der Waals surface area contributed by atoms with Crippen LogP contribution in [-0.2, 0) is 4.74 Å². The number of rotatable bonds is 5. The summed E-state index contributed by atoms with van der Waals surface area (Å²) in [6.45, 7) is 5.00. The minimum atomic E-state index is -1.13. The van der Waals surface area contributed by atoms with Gasteiger partial charge in [0, 0.05) is 35.6 Å². The lowest BCUT2D eigenvalue weighted by Gasteiger charge is -2.28. The number of morpholine rings is 1. The number of aryl methyl sites for hydroxylation is 1. The lowest BCUT2D eigenvalue weighted by Crippen LogP contribution is -2.36. The molecule has 1 amide bonds.